The molecule has 0 aliphatic rings. The molecule has 0 saturated carbocycles. The fourth-order valence-corrected chi connectivity index (χ4v) is 2.77. The van der Waals surface area contributed by atoms with Crippen LogP contribution >= 0.6 is 11.6 Å². The minimum Gasteiger partial charge on any atom is -0.490 e. The third-order valence-corrected chi connectivity index (χ3v) is 4.55. The Labute approximate surface area is 156 Å². The summed E-state index contributed by atoms with van der Waals surface area (Å²) < 4.78 is 11.8. The maximum absolute atomic E-state index is 6.49. The van der Waals surface area contributed by atoms with E-state index in [0.717, 1.165) is 24.1 Å². The lowest BCUT2D eigenvalue weighted by Crippen LogP contribution is -2.24. The third-order valence-electron chi connectivity index (χ3n) is 4.27. The lowest BCUT2D eigenvalue weighted by Gasteiger charge is -2.17. The molecule has 2 aromatic carbocycles. The molecule has 3 nitrogen and oxygen atoms in total. The van der Waals surface area contributed by atoms with Crippen LogP contribution in [0.2, 0.25) is 5.02 Å². The van der Waals surface area contributed by atoms with Crippen molar-refractivity contribution in [1.29, 1.82) is 0 Å². The van der Waals surface area contributed by atoms with Gasteiger partial charge < -0.3 is 14.8 Å². The molecule has 0 fully saturated rings. The van der Waals surface area contributed by atoms with Gasteiger partial charge >= 0.3 is 0 Å². The minimum absolute atomic E-state index is 0.464. The molecule has 136 valence electrons. The molecule has 2 aromatic rings. The molecular weight excluding hydrogens is 334 g/mol. The van der Waals surface area contributed by atoms with Crippen LogP contribution in [0.4, 0.5) is 0 Å². The molecule has 0 amide bonds. The number of nitrogens with one attached hydrogen (secondary N) is 1. The van der Waals surface area contributed by atoms with Crippen molar-refractivity contribution in [3.05, 3.63) is 58.1 Å². The zero-order chi connectivity index (χ0) is 18.2. The second kappa shape index (κ2) is 9.69. The van der Waals surface area contributed by atoms with Crippen LogP contribution in [0.3, 0.4) is 0 Å². The standard InChI is InChI=1S/C21H28ClNO2/c1-5-16(4)23-13-17-11-19(22)21(20(12-17)24-6-2)25-14-18-10-8-7-9-15(18)3/h7-12,16,23H,5-6,13-14H2,1-4H3. The molecule has 0 aromatic heterocycles. The van der Waals surface area contributed by atoms with Gasteiger partial charge in [-0.25, -0.2) is 0 Å². The predicted octanol–water partition coefficient (Wildman–Crippen LogP) is 5.51. The number of hydrogen-bond acceptors (Lipinski definition) is 3. The van der Waals surface area contributed by atoms with Gasteiger partial charge in [0.15, 0.2) is 11.5 Å². The van der Waals surface area contributed by atoms with E-state index >= 15 is 0 Å². The van der Waals surface area contributed by atoms with Gasteiger partial charge in [-0.2, -0.15) is 0 Å². The molecule has 25 heavy (non-hydrogen) atoms. The first-order valence-corrected chi connectivity index (χ1v) is 9.28. The van der Waals surface area contributed by atoms with E-state index in [0.29, 0.717) is 35.8 Å². The monoisotopic (exact) mass is 361 g/mol. The number of ether oxygens (including phenoxy) is 2. The van der Waals surface area contributed by atoms with E-state index < -0.39 is 0 Å². The van der Waals surface area contributed by atoms with Crippen molar-refractivity contribution in [3.63, 3.8) is 0 Å². The van der Waals surface area contributed by atoms with E-state index in [9.17, 15) is 0 Å². The molecule has 2 rings (SSSR count). The number of rotatable bonds is 9. The van der Waals surface area contributed by atoms with Crippen molar-refractivity contribution in [2.45, 2.75) is 53.3 Å². The van der Waals surface area contributed by atoms with E-state index in [4.69, 9.17) is 21.1 Å². The summed E-state index contributed by atoms with van der Waals surface area (Å²) in [4.78, 5) is 0. The van der Waals surface area contributed by atoms with Crippen LogP contribution in [0.25, 0.3) is 0 Å². The van der Waals surface area contributed by atoms with Crippen molar-refractivity contribution in [1.82, 2.24) is 5.32 Å². The molecule has 0 aliphatic carbocycles. The summed E-state index contributed by atoms with van der Waals surface area (Å²) in [7, 11) is 0. The van der Waals surface area contributed by atoms with Gasteiger partial charge in [-0.15, -0.1) is 0 Å². The van der Waals surface area contributed by atoms with E-state index in [-0.39, 0.29) is 0 Å². The summed E-state index contributed by atoms with van der Waals surface area (Å²) in [5.41, 5.74) is 3.44. The molecule has 1 N–H and O–H groups in total. The lowest BCUT2D eigenvalue weighted by molar-refractivity contribution is 0.268. The summed E-state index contributed by atoms with van der Waals surface area (Å²) in [5.74, 6) is 1.31. The van der Waals surface area contributed by atoms with Crippen molar-refractivity contribution < 1.29 is 9.47 Å². The molecule has 1 atom stereocenters. The fourth-order valence-electron chi connectivity index (χ4n) is 2.48. The maximum Gasteiger partial charge on any atom is 0.180 e. The summed E-state index contributed by atoms with van der Waals surface area (Å²) in [6.07, 6.45) is 1.09. The van der Waals surface area contributed by atoms with Gasteiger partial charge in [0.05, 0.1) is 11.6 Å². The Morgan fingerprint density at radius 3 is 2.56 bits per heavy atom. The van der Waals surface area contributed by atoms with E-state index in [1.165, 1.54) is 5.56 Å². The van der Waals surface area contributed by atoms with Gasteiger partial charge in [-0.1, -0.05) is 42.8 Å². The van der Waals surface area contributed by atoms with Crippen LogP contribution in [-0.2, 0) is 13.2 Å². The smallest absolute Gasteiger partial charge is 0.180 e. The Balaban J connectivity index is 2.17. The highest BCUT2D eigenvalue weighted by Crippen LogP contribution is 2.37. The van der Waals surface area contributed by atoms with Crippen LogP contribution in [0, 0.1) is 6.92 Å². The van der Waals surface area contributed by atoms with Crippen molar-refractivity contribution in [3.8, 4) is 11.5 Å². The third kappa shape index (κ3) is 5.65. The van der Waals surface area contributed by atoms with Gasteiger partial charge in [0, 0.05) is 12.6 Å². The first-order valence-electron chi connectivity index (χ1n) is 8.91. The van der Waals surface area contributed by atoms with Gasteiger partial charge in [-0.3, -0.25) is 0 Å². The molecule has 0 spiro atoms. The molecule has 1 unspecified atom stereocenters. The highest BCUT2D eigenvalue weighted by molar-refractivity contribution is 6.32. The Morgan fingerprint density at radius 1 is 1.12 bits per heavy atom. The van der Waals surface area contributed by atoms with E-state index in [1.54, 1.807) is 0 Å². The van der Waals surface area contributed by atoms with E-state index in [2.05, 4.69) is 38.2 Å². The first-order chi connectivity index (χ1) is 12.0. The van der Waals surface area contributed by atoms with Crippen LogP contribution in [0.5, 0.6) is 11.5 Å². The highest BCUT2D eigenvalue weighted by atomic mass is 35.5. The maximum atomic E-state index is 6.49. The second-order valence-electron chi connectivity index (χ2n) is 6.24. The molecule has 0 heterocycles. The molecule has 0 radical (unpaired) electrons. The average molecular weight is 362 g/mol. The van der Waals surface area contributed by atoms with Crippen LogP contribution < -0.4 is 14.8 Å². The fraction of sp³-hybridized carbons (Fsp3) is 0.429. The summed E-state index contributed by atoms with van der Waals surface area (Å²) >= 11 is 6.49. The Morgan fingerprint density at radius 2 is 1.88 bits per heavy atom. The van der Waals surface area contributed by atoms with Crippen LogP contribution in [-0.4, -0.2) is 12.6 Å². The Hall–Kier alpha value is -1.71. The van der Waals surface area contributed by atoms with Crippen molar-refractivity contribution in [2.24, 2.45) is 0 Å². The van der Waals surface area contributed by atoms with Crippen molar-refractivity contribution >= 4 is 11.6 Å². The van der Waals surface area contributed by atoms with Gasteiger partial charge in [-0.05, 0) is 56.0 Å². The van der Waals surface area contributed by atoms with Gasteiger partial charge in [0.2, 0.25) is 0 Å². The number of benzene rings is 2. The molecule has 0 saturated heterocycles. The summed E-state index contributed by atoms with van der Waals surface area (Å²) in [5, 5.41) is 4.06. The molecule has 0 bridgehead atoms. The molecule has 0 aliphatic heterocycles. The van der Waals surface area contributed by atoms with E-state index in [1.807, 2.05) is 31.2 Å². The number of hydrogen-bond donors (Lipinski definition) is 1. The summed E-state index contributed by atoms with van der Waals surface area (Å²) in [6.45, 7) is 10.2. The number of halogens is 1. The minimum atomic E-state index is 0.464. The number of aryl methyl sites for hydroxylation is 1. The van der Waals surface area contributed by atoms with Crippen LogP contribution in [0.15, 0.2) is 36.4 Å². The van der Waals surface area contributed by atoms with Gasteiger partial charge in [0.1, 0.15) is 6.61 Å². The van der Waals surface area contributed by atoms with Crippen LogP contribution in [0.1, 0.15) is 43.9 Å². The Bertz CT molecular complexity index is 688. The Kier molecular flexibility index (Phi) is 7.60. The zero-order valence-electron chi connectivity index (χ0n) is 15.6. The first kappa shape index (κ1) is 19.6. The highest BCUT2D eigenvalue weighted by Gasteiger charge is 2.14. The average Bonchev–Trinajstić information content (AvgIpc) is 2.60. The quantitative estimate of drug-likeness (QED) is 0.638. The SMILES string of the molecule is CCOc1cc(CNC(C)CC)cc(Cl)c1OCc1ccccc1C. The zero-order valence-corrected chi connectivity index (χ0v) is 16.3. The largest absolute Gasteiger partial charge is 0.490 e. The summed E-state index contributed by atoms with van der Waals surface area (Å²) in [6, 6.07) is 12.6. The second-order valence-corrected chi connectivity index (χ2v) is 6.65. The molecule has 4 heteroatoms. The predicted molar refractivity (Wildman–Crippen MR) is 105 cm³/mol. The normalized spacial score (nSPS) is 12.0. The topological polar surface area (TPSA) is 30.5 Å². The lowest BCUT2D eigenvalue weighted by atomic mass is 10.1. The van der Waals surface area contributed by atoms with Gasteiger partial charge in [0.25, 0.3) is 0 Å². The van der Waals surface area contributed by atoms with Crippen molar-refractivity contribution in [2.75, 3.05) is 6.61 Å². The molecular formula is C21H28ClNO2.